The Balaban J connectivity index is 1.19. The summed E-state index contributed by atoms with van der Waals surface area (Å²) in [7, 11) is 0. The highest BCUT2D eigenvalue weighted by Crippen LogP contribution is 2.21. The van der Waals surface area contributed by atoms with Crippen molar-refractivity contribution in [3.8, 4) is 0 Å². The Bertz CT molecular complexity index is 2320. The summed E-state index contributed by atoms with van der Waals surface area (Å²) >= 11 is 1.52. The van der Waals surface area contributed by atoms with Gasteiger partial charge in [0.25, 0.3) is 16.1 Å². The van der Waals surface area contributed by atoms with E-state index in [1.165, 1.54) is 11.3 Å². The smallest absolute Gasteiger partial charge is 0.325 e. The molecule has 5 aromatic rings. The number of benzene rings is 3. The summed E-state index contributed by atoms with van der Waals surface area (Å²) in [6, 6.07) is 22.1. The molecule has 0 unspecified atom stereocenters. The summed E-state index contributed by atoms with van der Waals surface area (Å²) in [6.45, 7) is 1.70. The van der Waals surface area contributed by atoms with Crippen LogP contribution >= 0.6 is 11.3 Å². The standard InChI is InChI=1S/C44H45N5O12S/c1-2-3-4-41-45-23-39(22-38(21-36-19-20-62-30-36)40(50)17-18-42(51)58-26-32-5-9-34(10-6-32)28-60-48(54)55)47(41)25-31-13-15-37(16-14-31)44(53)46-24-43(52)59-27-33-7-11-35(12-8-33)29-61-49(56)57/h5-16,19-20,22-23,30H,2-4,17-18,21,24-29H2,1H3,(H,46,53)/b38-22+. The molecule has 0 aliphatic heterocycles. The van der Waals surface area contributed by atoms with E-state index in [-0.39, 0.29) is 51.6 Å². The van der Waals surface area contributed by atoms with Crippen LogP contribution in [-0.4, -0.2) is 49.9 Å². The molecule has 1 amide bonds. The van der Waals surface area contributed by atoms with Crippen LogP contribution in [0.15, 0.2) is 101 Å². The lowest BCUT2D eigenvalue weighted by Gasteiger charge is -2.13. The van der Waals surface area contributed by atoms with Gasteiger partial charge in [0.2, 0.25) is 0 Å². The van der Waals surface area contributed by atoms with Gasteiger partial charge in [0.15, 0.2) is 5.78 Å². The normalized spacial score (nSPS) is 11.1. The Labute approximate surface area is 360 Å². The Kier molecular flexibility index (Phi) is 17.4. The molecule has 1 N–H and O–H groups in total. The van der Waals surface area contributed by atoms with E-state index in [1.807, 2.05) is 39.6 Å². The van der Waals surface area contributed by atoms with E-state index in [0.717, 1.165) is 29.8 Å². The molecule has 0 spiro atoms. The van der Waals surface area contributed by atoms with Crippen LogP contribution in [0.5, 0.6) is 0 Å². The summed E-state index contributed by atoms with van der Waals surface area (Å²) < 4.78 is 12.7. The summed E-state index contributed by atoms with van der Waals surface area (Å²) in [5, 5.41) is 25.5. The van der Waals surface area contributed by atoms with Gasteiger partial charge in [-0.15, -0.1) is 20.2 Å². The summed E-state index contributed by atoms with van der Waals surface area (Å²) in [4.78, 5) is 85.9. The minimum atomic E-state index is -0.876. The molecule has 3 aromatic carbocycles. The van der Waals surface area contributed by atoms with E-state index < -0.39 is 28.0 Å². The molecular formula is C44H45N5O12S. The SMILES string of the molecule is CCCCc1ncc(/C=C(\Cc2ccsc2)C(=O)CCC(=O)OCc2ccc(CO[N+](=O)[O-])cc2)n1Cc1ccc(C(=O)NCC(=O)OCc2ccc(CO[N+](=O)[O-])cc2)cc1. The maximum atomic E-state index is 13.7. The van der Waals surface area contributed by atoms with E-state index in [2.05, 4.69) is 21.9 Å². The molecule has 0 saturated carbocycles. The number of aryl methyl sites for hydroxylation is 1. The average Bonchev–Trinajstić information content (AvgIpc) is 3.93. The predicted octanol–water partition coefficient (Wildman–Crippen LogP) is 6.94. The van der Waals surface area contributed by atoms with Crippen molar-refractivity contribution < 1.29 is 48.5 Å². The van der Waals surface area contributed by atoms with Crippen LogP contribution in [0.1, 0.15) is 87.9 Å². The lowest BCUT2D eigenvalue weighted by atomic mass is 9.99. The number of allylic oxidation sites excluding steroid dienone is 1. The van der Waals surface area contributed by atoms with Gasteiger partial charge in [0.1, 0.15) is 38.8 Å². The fraction of sp³-hybridized carbons (Fsp3) is 0.295. The number of carbonyl (C=O) groups is 4. The molecule has 0 radical (unpaired) electrons. The van der Waals surface area contributed by atoms with Gasteiger partial charge in [-0.2, -0.15) is 11.3 Å². The highest BCUT2D eigenvalue weighted by molar-refractivity contribution is 7.07. The van der Waals surface area contributed by atoms with E-state index in [1.54, 1.807) is 66.9 Å². The number of hydrogen-bond acceptors (Lipinski definition) is 14. The molecule has 0 atom stereocenters. The lowest BCUT2D eigenvalue weighted by molar-refractivity contribution is -0.763. The van der Waals surface area contributed by atoms with E-state index in [9.17, 15) is 39.4 Å². The zero-order chi connectivity index (χ0) is 44.3. The highest BCUT2D eigenvalue weighted by Gasteiger charge is 2.18. The number of Topliss-reactive ketones (excluding diaryl/α,β-unsaturated/α-hetero) is 1. The maximum absolute atomic E-state index is 13.7. The number of hydrogen-bond donors (Lipinski definition) is 1. The number of nitrogens with one attached hydrogen (secondary N) is 1. The second-order valence-corrected chi connectivity index (χ2v) is 14.8. The summed E-state index contributed by atoms with van der Waals surface area (Å²) in [5.41, 5.74) is 5.90. The molecule has 0 saturated heterocycles. The first-order valence-corrected chi connectivity index (χ1v) is 20.6. The number of unbranched alkanes of at least 4 members (excludes halogenated alkanes) is 1. The van der Waals surface area contributed by atoms with Crippen molar-refractivity contribution in [2.75, 3.05) is 6.54 Å². The first-order chi connectivity index (χ1) is 29.9. The quantitative estimate of drug-likeness (QED) is 0.0272. The molecule has 5 rings (SSSR count). The molecule has 62 heavy (non-hydrogen) atoms. The molecule has 0 aliphatic rings. The third kappa shape index (κ3) is 15.1. The second-order valence-electron chi connectivity index (χ2n) is 14.0. The molecule has 2 heterocycles. The molecule has 17 nitrogen and oxygen atoms in total. The third-order valence-electron chi connectivity index (χ3n) is 9.40. The lowest BCUT2D eigenvalue weighted by Crippen LogP contribution is -2.30. The van der Waals surface area contributed by atoms with Gasteiger partial charge >= 0.3 is 11.9 Å². The molecule has 0 bridgehead atoms. The largest absolute Gasteiger partial charge is 0.461 e. The van der Waals surface area contributed by atoms with Crippen LogP contribution in [0.3, 0.4) is 0 Å². The van der Waals surface area contributed by atoms with Crippen LogP contribution in [0.2, 0.25) is 0 Å². The molecule has 0 aliphatic carbocycles. The van der Waals surface area contributed by atoms with Gasteiger partial charge in [0.05, 0.1) is 18.3 Å². The van der Waals surface area contributed by atoms with Gasteiger partial charge in [-0.3, -0.25) is 19.2 Å². The van der Waals surface area contributed by atoms with Gasteiger partial charge in [-0.05, 0) is 74.8 Å². The molecule has 2 aromatic heterocycles. The number of rotatable bonds is 25. The number of nitrogens with zero attached hydrogens (tertiary/aromatic N) is 4. The number of thiophene rings is 1. The van der Waals surface area contributed by atoms with Crippen LogP contribution in [0.25, 0.3) is 6.08 Å². The van der Waals surface area contributed by atoms with Crippen molar-refractivity contribution in [2.24, 2.45) is 0 Å². The van der Waals surface area contributed by atoms with Crippen molar-refractivity contribution in [2.45, 2.75) is 78.4 Å². The Morgan fingerprint density at radius 2 is 1.31 bits per heavy atom. The number of aromatic nitrogens is 2. The first-order valence-electron chi connectivity index (χ1n) is 19.6. The fourth-order valence-electron chi connectivity index (χ4n) is 6.03. The Morgan fingerprint density at radius 1 is 0.742 bits per heavy atom. The van der Waals surface area contributed by atoms with Crippen LogP contribution in [0.4, 0.5) is 0 Å². The van der Waals surface area contributed by atoms with Crippen LogP contribution in [0, 0.1) is 20.2 Å². The topological polar surface area (TPSA) is 221 Å². The molecule has 0 fully saturated rings. The van der Waals surface area contributed by atoms with Crippen LogP contribution in [-0.2, 0) is 79.3 Å². The second kappa shape index (κ2) is 23.5. The van der Waals surface area contributed by atoms with Crippen molar-refractivity contribution in [3.05, 3.63) is 172 Å². The van der Waals surface area contributed by atoms with Crippen LogP contribution < -0.4 is 5.32 Å². The number of ether oxygens (including phenoxy) is 2. The minimum absolute atomic E-state index is 0.0197. The van der Waals surface area contributed by atoms with Gasteiger partial charge < -0.3 is 29.0 Å². The zero-order valence-corrected chi connectivity index (χ0v) is 34.7. The van der Waals surface area contributed by atoms with Gasteiger partial charge in [-0.1, -0.05) is 74.0 Å². The zero-order valence-electron chi connectivity index (χ0n) is 33.9. The Morgan fingerprint density at radius 3 is 1.85 bits per heavy atom. The van der Waals surface area contributed by atoms with E-state index in [0.29, 0.717) is 58.5 Å². The number of ketones is 1. The number of esters is 2. The van der Waals surface area contributed by atoms with E-state index >= 15 is 0 Å². The monoisotopic (exact) mass is 867 g/mol. The fourth-order valence-corrected chi connectivity index (χ4v) is 6.70. The van der Waals surface area contributed by atoms with Gasteiger partial charge in [-0.25, -0.2) is 4.98 Å². The number of carbonyl (C=O) groups excluding carboxylic acids is 4. The predicted molar refractivity (Wildman–Crippen MR) is 225 cm³/mol. The first kappa shape index (κ1) is 45.9. The summed E-state index contributed by atoms with van der Waals surface area (Å²) in [5.74, 6) is -1.01. The number of imidazole rings is 1. The number of amides is 1. The third-order valence-corrected chi connectivity index (χ3v) is 10.1. The average molecular weight is 868 g/mol. The van der Waals surface area contributed by atoms with Crippen molar-refractivity contribution in [1.82, 2.24) is 14.9 Å². The van der Waals surface area contributed by atoms with E-state index in [4.69, 9.17) is 14.5 Å². The van der Waals surface area contributed by atoms with Crippen molar-refractivity contribution in [3.63, 3.8) is 0 Å². The minimum Gasteiger partial charge on any atom is -0.461 e. The maximum Gasteiger partial charge on any atom is 0.325 e. The van der Waals surface area contributed by atoms with Gasteiger partial charge in [0, 0.05) is 36.9 Å². The highest BCUT2D eigenvalue weighted by atomic mass is 32.1. The molecule has 18 heteroatoms. The van der Waals surface area contributed by atoms with Crippen molar-refractivity contribution in [1.29, 1.82) is 0 Å². The van der Waals surface area contributed by atoms with Crippen molar-refractivity contribution >= 4 is 41.0 Å². The molecule has 324 valence electrons. The molecular weight excluding hydrogens is 823 g/mol. The Hall–Kier alpha value is -7.21. The summed E-state index contributed by atoms with van der Waals surface area (Å²) in [6.07, 6.45) is 6.28.